The third-order valence-electron chi connectivity index (χ3n) is 2.60. The lowest BCUT2D eigenvalue weighted by atomic mass is 10.2. The van der Waals surface area contributed by atoms with E-state index < -0.39 is 23.4 Å². The van der Waals surface area contributed by atoms with Crippen LogP contribution in [0, 0.1) is 0 Å². The van der Waals surface area contributed by atoms with Gasteiger partial charge in [0.05, 0.1) is 0 Å². The highest BCUT2D eigenvalue weighted by molar-refractivity contribution is 8.14. The number of hydrogen-bond donors (Lipinski definition) is 2. The van der Waals surface area contributed by atoms with E-state index in [0.29, 0.717) is 29.8 Å². The maximum absolute atomic E-state index is 11.9. The molecule has 0 unspecified atom stereocenters. The minimum Gasteiger partial charge on any atom is -0.444 e. The number of amides is 2. The Bertz CT molecular complexity index is 532. The minimum absolute atomic E-state index is 0.498. The molecule has 0 aromatic rings. The van der Waals surface area contributed by atoms with Gasteiger partial charge < -0.3 is 9.47 Å². The highest BCUT2D eigenvalue weighted by atomic mass is 32.2. The molecule has 0 heterocycles. The number of alkyl carbamates (subject to hydrolysis) is 2. The van der Waals surface area contributed by atoms with Gasteiger partial charge in [0.15, 0.2) is 10.3 Å². The molecule has 0 rings (SSSR count). The fourth-order valence-corrected chi connectivity index (χ4v) is 2.95. The molecule has 0 spiro atoms. The average Bonchev–Trinajstić information content (AvgIpc) is 2.50. The number of nitrogens with one attached hydrogen (secondary N) is 2. The molecule has 2 N–H and O–H groups in total. The molecule has 10 heteroatoms. The van der Waals surface area contributed by atoms with E-state index in [1.165, 1.54) is 23.5 Å². The van der Waals surface area contributed by atoms with Gasteiger partial charge in [-0.25, -0.2) is 9.59 Å². The highest BCUT2D eigenvalue weighted by Crippen LogP contribution is 2.09. The average molecular weight is 449 g/mol. The van der Waals surface area contributed by atoms with Crippen molar-refractivity contribution in [2.45, 2.75) is 73.0 Å². The zero-order valence-electron chi connectivity index (χ0n) is 18.9. The summed E-state index contributed by atoms with van der Waals surface area (Å²) in [6.45, 7) is 15.8. The molecular formula is C19H36N4O4S2. The lowest BCUT2D eigenvalue weighted by molar-refractivity contribution is 0.0552. The van der Waals surface area contributed by atoms with Crippen molar-refractivity contribution < 1.29 is 19.1 Å². The Morgan fingerprint density at radius 3 is 1.38 bits per heavy atom. The fraction of sp³-hybridized carbons (Fsp3) is 0.789. The van der Waals surface area contributed by atoms with Crippen molar-refractivity contribution in [3.05, 3.63) is 0 Å². The monoisotopic (exact) mass is 448 g/mol. The van der Waals surface area contributed by atoms with Crippen LogP contribution in [0.25, 0.3) is 0 Å². The predicted molar refractivity (Wildman–Crippen MR) is 124 cm³/mol. The zero-order chi connectivity index (χ0) is 22.5. The summed E-state index contributed by atoms with van der Waals surface area (Å²) in [7, 11) is 0. The van der Waals surface area contributed by atoms with Crippen LogP contribution in [0.1, 0.15) is 61.8 Å². The van der Waals surface area contributed by atoms with Gasteiger partial charge in [-0.05, 0) is 59.5 Å². The van der Waals surface area contributed by atoms with E-state index in [1.54, 1.807) is 0 Å². The first kappa shape index (κ1) is 27.6. The van der Waals surface area contributed by atoms with E-state index in [0.717, 1.165) is 11.5 Å². The van der Waals surface area contributed by atoms with Crippen molar-refractivity contribution in [2.24, 2.45) is 9.98 Å². The number of nitrogens with zero attached hydrogens (tertiary/aromatic N) is 2. The van der Waals surface area contributed by atoms with Crippen LogP contribution in [0.5, 0.6) is 0 Å². The standard InChI is InChI=1S/C19H36N4O4S2/c1-9-28-14(22-16(24)26-18(3,4)5)20-12-11-13-21-15(29-10-2)23-17(25)27-19(6,7)8/h9-13H2,1-8H3,(H,20,22,24)(H,21,23,25). The van der Waals surface area contributed by atoms with Crippen molar-refractivity contribution in [2.75, 3.05) is 24.6 Å². The Balaban J connectivity index is 4.63. The summed E-state index contributed by atoms with van der Waals surface area (Å²) >= 11 is 2.88. The molecule has 8 nitrogen and oxygen atoms in total. The third kappa shape index (κ3) is 17.2. The van der Waals surface area contributed by atoms with Gasteiger partial charge in [-0.1, -0.05) is 37.4 Å². The van der Waals surface area contributed by atoms with E-state index >= 15 is 0 Å². The topological polar surface area (TPSA) is 101 Å². The Hall–Kier alpha value is -1.42. The quantitative estimate of drug-likeness (QED) is 0.349. The van der Waals surface area contributed by atoms with Gasteiger partial charge in [-0.2, -0.15) is 0 Å². The van der Waals surface area contributed by atoms with Crippen LogP contribution < -0.4 is 10.6 Å². The summed E-state index contributed by atoms with van der Waals surface area (Å²) in [6, 6.07) is 0. The normalized spacial score (nSPS) is 13.1. The number of carbonyl (C=O) groups is 2. The SMILES string of the molecule is CCSC(=NCCCN=C(NC(=O)OC(C)(C)C)SCC)NC(=O)OC(C)(C)C. The van der Waals surface area contributed by atoms with Gasteiger partial charge in [0.25, 0.3) is 0 Å². The molecule has 0 aliphatic rings. The van der Waals surface area contributed by atoms with Crippen molar-refractivity contribution in [1.29, 1.82) is 0 Å². The predicted octanol–water partition coefficient (Wildman–Crippen LogP) is 4.64. The third-order valence-corrected chi connectivity index (χ3v) is 4.19. The fourth-order valence-electron chi connectivity index (χ4n) is 1.73. The number of thioether (sulfide) groups is 2. The lowest BCUT2D eigenvalue weighted by Gasteiger charge is -2.20. The van der Waals surface area contributed by atoms with Gasteiger partial charge in [0.2, 0.25) is 0 Å². The van der Waals surface area contributed by atoms with Crippen molar-refractivity contribution in [3.8, 4) is 0 Å². The van der Waals surface area contributed by atoms with Crippen LogP contribution in [0.3, 0.4) is 0 Å². The van der Waals surface area contributed by atoms with Crippen molar-refractivity contribution in [3.63, 3.8) is 0 Å². The number of hydrogen-bond acceptors (Lipinski definition) is 8. The van der Waals surface area contributed by atoms with Crippen LogP contribution in [-0.4, -0.2) is 58.3 Å². The second kappa shape index (κ2) is 13.7. The molecule has 0 aromatic heterocycles. The number of ether oxygens (including phenoxy) is 2. The highest BCUT2D eigenvalue weighted by Gasteiger charge is 2.18. The molecule has 0 aliphatic carbocycles. The second-order valence-corrected chi connectivity index (χ2v) is 10.4. The van der Waals surface area contributed by atoms with E-state index in [2.05, 4.69) is 20.6 Å². The van der Waals surface area contributed by atoms with E-state index in [9.17, 15) is 9.59 Å². The van der Waals surface area contributed by atoms with E-state index in [4.69, 9.17) is 9.47 Å². The van der Waals surface area contributed by atoms with E-state index in [1.807, 2.05) is 55.4 Å². The van der Waals surface area contributed by atoms with Crippen LogP contribution in [0.4, 0.5) is 9.59 Å². The van der Waals surface area contributed by atoms with Gasteiger partial charge >= 0.3 is 12.2 Å². The van der Waals surface area contributed by atoms with Crippen LogP contribution in [-0.2, 0) is 9.47 Å². The molecule has 0 aromatic carbocycles. The van der Waals surface area contributed by atoms with Crippen molar-refractivity contribution >= 4 is 46.0 Å². The van der Waals surface area contributed by atoms with Crippen LogP contribution >= 0.6 is 23.5 Å². The molecule has 0 saturated heterocycles. The van der Waals surface area contributed by atoms with Gasteiger partial charge in [0, 0.05) is 13.1 Å². The minimum atomic E-state index is -0.560. The summed E-state index contributed by atoms with van der Waals surface area (Å²) in [6.07, 6.45) is -0.357. The summed E-state index contributed by atoms with van der Waals surface area (Å²) in [5, 5.41) is 6.42. The molecule has 29 heavy (non-hydrogen) atoms. The molecule has 0 atom stereocenters. The number of aliphatic imine (C=N–C) groups is 2. The molecule has 0 saturated carbocycles. The van der Waals surface area contributed by atoms with Crippen LogP contribution in [0.15, 0.2) is 9.98 Å². The Morgan fingerprint density at radius 2 is 1.10 bits per heavy atom. The smallest absolute Gasteiger partial charge is 0.413 e. The summed E-state index contributed by atoms with van der Waals surface area (Å²) in [5.74, 6) is 1.56. The molecule has 2 amide bonds. The van der Waals surface area contributed by atoms with Crippen LogP contribution in [0.2, 0.25) is 0 Å². The molecule has 168 valence electrons. The zero-order valence-corrected chi connectivity index (χ0v) is 20.5. The number of rotatable bonds is 6. The second-order valence-electron chi connectivity index (χ2n) is 7.85. The Labute approximate surface area is 183 Å². The first-order chi connectivity index (χ1) is 13.4. The molecule has 0 radical (unpaired) electrons. The Morgan fingerprint density at radius 1 is 0.759 bits per heavy atom. The summed E-state index contributed by atoms with van der Waals surface area (Å²) in [4.78, 5) is 32.6. The van der Waals surface area contributed by atoms with Crippen molar-refractivity contribution in [1.82, 2.24) is 10.6 Å². The molecule has 0 fully saturated rings. The summed E-state index contributed by atoms with van der Waals surface area (Å²) in [5.41, 5.74) is -1.12. The van der Waals surface area contributed by atoms with Gasteiger partial charge in [-0.15, -0.1) is 0 Å². The first-order valence-corrected chi connectivity index (χ1v) is 11.7. The Kier molecular flexibility index (Phi) is 13.1. The lowest BCUT2D eigenvalue weighted by Crippen LogP contribution is -2.35. The number of amidine groups is 2. The largest absolute Gasteiger partial charge is 0.444 e. The molecule has 0 bridgehead atoms. The first-order valence-electron chi connectivity index (χ1n) is 9.70. The van der Waals surface area contributed by atoms with Gasteiger partial charge in [0.1, 0.15) is 11.2 Å². The maximum Gasteiger partial charge on any atom is 0.413 e. The van der Waals surface area contributed by atoms with E-state index in [-0.39, 0.29) is 0 Å². The molecule has 0 aliphatic heterocycles. The maximum atomic E-state index is 11.9. The van der Waals surface area contributed by atoms with Gasteiger partial charge in [-0.3, -0.25) is 20.6 Å². The molecular weight excluding hydrogens is 412 g/mol. The number of carbonyl (C=O) groups excluding carboxylic acids is 2. The summed E-state index contributed by atoms with van der Waals surface area (Å²) < 4.78 is 10.5.